The molecule has 0 unspecified atom stereocenters. The van der Waals surface area contributed by atoms with Gasteiger partial charge in [0.1, 0.15) is 29.6 Å². The van der Waals surface area contributed by atoms with Crippen LogP contribution in [0, 0.1) is 20.8 Å². The first-order valence-electron chi connectivity index (χ1n) is 18.8. The third-order valence-electron chi connectivity index (χ3n) is 9.31. The fourth-order valence-electron chi connectivity index (χ4n) is 6.35. The Morgan fingerprint density at radius 1 is 0.741 bits per heavy atom. The van der Waals surface area contributed by atoms with Crippen LogP contribution in [-0.2, 0) is 24.4 Å². The summed E-state index contributed by atoms with van der Waals surface area (Å²) in [5, 5.41) is 0. The van der Waals surface area contributed by atoms with E-state index in [0.29, 0.717) is 37.9 Å². The van der Waals surface area contributed by atoms with E-state index in [4.69, 9.17) is 18.9 Å². The van der Waals surface area contributed by atoms with Crippen molar-refractivity contribution < 1.29 is 23.7 Å². The number of carbonyl (C=O) groups is 1. The second kappa shape index (κ2) is 18.4. The topological polar surface area (TPSA) is 73.4 Å². The maximum absolute atomic E-state index is 13.1. The number of benzene rings is 4. The largest absolute Gasteiger partial charge is 0.493 e. The van der Waals surface area contributed by atoms with Crippen LogP contribution in [0.5, 0.6) is 28.9 Å². The Hall–Kier alpha value is -5.60. The monoisotopic (exact) mass is 725 g/mol. The fraction of sp³-hybridized carbons (Fsp3) is 0.304. The van der Waals surface area contributed by atoms with E-state index < -0.39 is 0 Å². The van der Waals surface area contributed by atoms with Gasteiger partial charge in [-0.05, 0) is 117 Å². The van der Waals surface area contributed by atoms with Gasteiger partial charge in [-0.3, -0.25) is 9.69 Å². The van der Waals surface area contributed by atoms with Gasteiger partial charge in [0.25, 0.3) is 0 Å². The molecule has 8 heteroatoms. The molecule has 6 rings (SSSR count). The van der Waals surface area contributed by atoms with E-state index in [2.05, 4.69) is 65.3 Å². The summed E-state index contributed by atoms with van der Waals surface area (Å²) in [6, 6.07) is 32.6. The molecule has 1 aromatic heterocycles. The lowest BCUT2D eigenvalue weighted by molar-refractivity contribution is -0.127. The quantitative estimate of drug-likeness (QED) is 0.0998. The minimum atomic E-state index is 0.0329. The number of amides is 1. The lowest BCUT2D eigenvalue weighted by atomic mass is 10.1. The molecule has 1 amide bonds. The molecule has 280 valence electrons. The van der Waals surface area contributed by atoms with Gasteiger partial charge in [-0.2, -0.15) is 0 Å². The van der Waals surface area contributed by atoms with Crippen LogP contribution in [0.25, 0.3) is 6.08 Å². The molecule has 0 spiro atoms. The van der Waals surface area contributed by atoms with Crippen LogP contribution in [0.1, 0.15) is 52.8 Å². The van der Waals surface area contributed by atoms with Crippen LogP contribution in [0.3, 0.4) is 0 Å². The summed E-state index contributed by atoms with van der Waals surface area (Å²) in [5.41, 5.74) is 7.74. The van der Waals surface area contributed by atoms with E-state index in [1.165, 1.54) is 16.7 Å². The molecule has 0 N–H and O–H groups in total. The van der Waals surface area contributed by atoms with Gasteiger partial charge in [-0.1, -0.05) is 54.1 Å². The second-order valence-corrected chi connectivity index (χ2v) is 14.2. The summed E-state index contributed by atoms with van der Waals surface area (Å²) >= 11 is 0. The molecular weight excluding hydrogens is 675 g/mol. The SMILES string of the molecule is Cc1ccc(COc2ccc(Oc3c(C)cc(/C=C/C(=O)N4CCN(Cc5ccc(CCOc6ccc(OC(C)C)cc6)cc5)CC4)cc3C)nc2)cc1. The van der Waals surface area contributed by atoms with Gasteiger partial charge in [0, 0.05) is 51.3 Å². The number of pyridine rings is 1. The smallest absolute Gasteiger partial charge is 0.246 e. The van der Waals surface area contributed by atoms with Crippen molar-refractivity contribution in [2.45, 2.75) is 60.3 Å². The van der Waals surface area contributed by atoms with Crippen LogP contribution in [0.15, 0.2) is 109 Å². The predicted octanol–water partition coefficient (Wildman–Crippen LogP) is 9.14. The van der Waals surface area contributed by atoms with Crippen LogP contribution < -0.4 is 18.9 Å². The Labute approximate surface area is 320 Å². The molecule has 1 aliphatic heterocycles. The maximum atomic E-state index is 13.1. The minimum absolute atomic E-state index is 0.0329. The maximum Gasteiger partial charge on any atom is 0.246 e. The number of carbonyl (C=O) groups excluding carboxylic acids is 1. The molecule has 8 nitrogen and oxygen atoms in total. The van der Waals surface area contributed by atoms with E-state index in [9.17, 15) is 4.79 Å². The third-order valence-corrected chi connectivity index (χ3v) is 9.31. The number of nitrogens with zero attached hydrogens (tertiary/aromatic N) is 3. The summed E-state index contributed by atoms with van der Waals surface area (Å²) in [6.07, 6.45) is 6.24. The number of hydrogen-bond acceptors (Lipinski definition) is 7. The van der Waals surface area contributed by atoms with Crippen molar-refractivity contribution in [3.05, 3.63) is 148 Å². The van der Waals surface area contributed by atoms with Crippen LogP contribution in [-0.4, -0.2) is 59.6 Å². The van der Waals surface area contributed by atoms with E-state index >= 15 is 0 Å². The van der Waals surface area contributed by atoms with Crippen molar-refractivity contribution in [3.8, 4) is 28.9 Å². The van der Waals surface area contributed by atoms with Gasteiger partial charge >= 0.3 is 0 Å². The number of piperazine rings is 1. The van der Waals surface area contributed by atoms with Gasteiger partial charge in [0.05, 0.1) is 18.9 Å². The van der Waals surface area contributed by atoms with Gasteiger partial charge in [-0.25, -0.2) is 4.98 Å². The highest BCUT2D eigenvalue weighted by atomic mass is 16.5. The van der Waals surface area contributed by atoms with Crippen molar-refractivity contribution in [2.75, 3.05) is 32.8 Å². The van der Waals surface area contributed by atoms with Crippen molar-refractivity contribution in [2.24, 2.45) is 0 Å². The Morgan fingerprint density at radius 3 is 2.02 bits per heavy atom. The average Bonchev–Trinajstić information content (AvgIpc) is 3.17. The third kappa shape index (κ3) is 11.2. The number of aryl methyl sites for hydroxylation is 3. The van der Waals surface area contributed by atoms with E-state index in [-0.39, 0.29) is 12.0 Å². The number of ether oxygens (including phenoxy) is 4. The summed E-state index contributed by atoms with van der Waals surface area (Å²) in [6.45, 7) is 15.2. The molecular formula is C46H51N3O5. The normalized spacial score (nSPS) is 13.3. The molecule has 0 saturated carbocycles. The van der Waals surface area contributed by atoms with Crippen LogP contribution >= 0.6 is 0 Å². The minimum Gasteiger partial charge on any atom is -0.493 e. The Morgan fingerprint density at radius 2 is 1.37 bits per heavy atom. The Balaban J connectivity index is 0.915. The molecule has 0 bridgehead atoms. The van der Waals surface area contributed by atoms with Gasteiger partial charge < -0.3 is 23.8 Å². The molecule has 2 heterocycles. The van der Waals surface area contributed by atoms with Gasteiger partial charge in [0.2, 0.25) is 11.8 Å². The molecule has 4 aromatic carbocycles. The molecule has 1 aliphatic rings. The highest BCUT2D eigenvalue weighted by Crippen LogP contribution is 2.30. The van der Waals surface area contributed by atoms with Crippen molar-refractivity contribution >= 4 is 12.0 Å². The molecule has 0 atom stereocenters. The number of rotatable bonds is 15. The first kappa shape index (κ1) is 38.1. The van der Waals surface area contributed by atoms with E-state index in [1.807, 2.05) is 87.2 Å². The molecule has 0 aliphatic carbocycles. The Bertz CT molecular complexity index is 1960. The average molecular weight is 726 g/mol. The van der Waals surface area contributed by atoms with Crippen molar-refractivity contribution in [1.29, 1.82) is 0 Å². The molecule has 1 saturated heterocycles. The first-order valence-corrected chi connectivity index (χ1v) is 18.8. The zero-order valence-electron chi connectivity index (χ0n) is 32.1. The molecule has 1 fully saturated rings. The summed E-state index contributed by atoms with van der Waals surface area (Å²) in [5.74, 6) is 3.67. The molecule has 54 heavy (non-hydrogen) atoms. The van der Waals surface area contributed by atoms with E-state index in [1.54, 1.807) is 12.3 Å². The lowest BCUT2D eigenvalue weighted by Crippen LogP contribution is -2.47. The van der Waals surface area contributed by atoms with E-state index in [0.717, 1.165) is 65.6 Å². The lowest BCUT2D eigenvalue weighted by Gasteiger charge is -2.34. The predicted molar refractivity (Wildman–Crippen MR) is 214 cm³/mol. The standard InChI is InChI=1S/C46H51N3O5/c1-33(2)53-42-17-15-41(16-18-42)51-27-22-37-10-12-38(13-11-37)31-48-23-25-49(26-24-48)45(50)21-14-40-28-35(4)46(36(5)29-40)54-44-20-19-43(30-47-44)52-32-39-8-6-34(3)7-9-39/h6-21,28-30,33H,22-27,31-32H2,1-5H3/b21-14+. The Kier molecular flexibility index (Phi) is 13.0. The highest BCUT2D eigenvalue weighted by Gasteiger charge is 2.20. The van der Waals surface area contributed by atoms with Crippen molar-refractivity contribution in [3.63, 3.8) is 0 Å². The molecule has 0 radical (unpaired) electrons. The van der Waals surface area contributed by atoms with Crippen LogP contribution in [0.4, 0.5) is 0 Å². The highest BCUT2D eigenvalue weighted by molar-refractivity contribution is 5.92. The van der Waals surface area contributed by atoms with Gasteiger partial charge in [-0.15, -0.1) is 0 Å². The molecule has 5 aromatic rings. The fourth-order valence-corrected chi connectivity index (χ4v) is 6.35. The summed E-state index contributed by atoms with van der Waals surface area (Å²) in [7, 11) is 0. The zero-order chi connectivity index (χ0) is 37.9. The summed E-state index contributed by atoms with van der Waals surface area (Å²) < 4.78 is 23.7. The van der Waals surface area contributed by atoms with Crippen LogP contribution in [0.2, 0.25) is 0 Å². The summed E-state index contributed by atoms with van der Waals surface area (Å²) in [4.78, 5) is 21.9. The zero-order valence-corrected chi connectivity index (χ0v) is 32.1. The second-order valence-electron chi connectivity index (χ2n) is 14.2. The van der Waals surface area contributed by atoms with Crippen molar-refractivity contribution in [1.82, 2.24) is 14.8 Å². The number of hydrogen-bond donors (Lipinski definition) is 0. The van der Waals surface area contributed by atoms with Gasteiger partial charge in [0.15, 0.2) is 0 Å². The number of aromatic nitrogens is 1. The first-order chi connectivity index (χ1) is 26.2.